The lowest BCUT2D eigenvalue weighted by molar-refractivity contribution is -0.138. The van der Waals surface area contributed by atoms with E-state index in [4.69, 9.17) is 9.84 Å². The number of esters is 1. The topological polar surface area (TPSA) is 63.6 Å². The maximum absolute atomic E-state index is 10.6. The summed E-state index contributed by atoms with van der Waals surface area (Å²) >= 11 is 0. The van der Waals surface area contributed by atoms with Crippen LogP contribution in [0.4, 0.5) is 0 Å². The number of carboxylic acid groups (broad SMARTS) is 1. The predicted molar refractivity (Wildman–Crippen MR) is 74.9 cm³/mol. The third-order valence-corrected chi connectivity index (χ3v) is 2.74. The van der Waals surface area contributed by atoms with Gasteiger partial charge < -0.3 is 9.84 Å². The van der Waals surface area contributed by atoms with Gasteiger partial charge in [0.2, 0.25) is 0 Å². The predicted octanol–water partition coefficient (Wildman–Crippen LogP) is 3.48. The fraction of sp³-hybridized carbons (Fsp3) is 0.600. The van der Waals surface area contributed by atoms with Crippen LogP contribution in [0.1, 0.15) is 51.9 Å². The number of aliphatic carboxylic acids is 1. The van der Waals surface area contributed by atoms with Crippen LogP contribution in [0.2, 0.25) is 0 Å². The number of carboxylic acids is 1. The number of carbonyl (C=O) groups is 2. The number of ether oxygens (including phenoxy) is 1. The van der Waals surface area contributed by atoms with Crippen LogP contribution in [-0.4, -0.2) is 23.7 Å². The standard InChI is InChI=1S/C10H18O2.C5H6O2/c1-3-5-6-7-8-9-12-10(11)4-2;6-5(7)4-2-1-3-4/h4H,2-3,5-9H2,1H3;2H,1,3H2,(H,6,7). The molecule has 0 fully saturated rings. The molecule has 0 aromatic rings. The van der Waals surface area contributed by atoms with E-state index in [-0.39, 0.29) is 5.97 Å². The average Bonchev–Trinajstić information content (AvgIpc) is 2.31. The molecule has 0 saturated heterocycles. The molecule has 0 atom stereocenters. The zero-order valence-electron chi connectivity index (χ0n) is 11.7. The van der Waals surface area contributed by atoms with E-state index in [9.17, 15) is 9.59 Å². The smallest absolute Gasteiger partial charge is 0.331 e. The van der Waals surface area contributed by atoms with Gasteiger partial charge in [0, 0.05) is 11.6 Å². The van der Waals surface area contributed by atoms with Gasteiger partial charge in [0.25, 0.3) is 0 Å². The first-order chi connectivity index (χ1) is 9.11. The maximum Gasteiger partial charge on any atom is 0.331 e. The van der Waals surface area contributed by atoms with Crippen molar-refractivity contribution in [1.29, 1.82) is 0 Å². The van der Waals surface area contributed by atoms with E-state index in [0.29, 0.717) is 12.2 Å². The van der Waals surface area contributed by atoms with E-state index >= 15 is 0 Å². The van der Waals surface area contributed by atoms with Crippen LogP contribution < -0.4 is 0 Å². The third-order valence-electron chi connectivity index (χ3n) is 2.74. The molecule has 0 amide bonds. The van der Waals surface area contributed by atoms with Gasteiger partial charge in [-0.05, 0) is 19.3 Å². The molecule has 0 radical (unpaired) electrons. The Morgan fingerprint density at radius 3 is 2.37 bits per heavy atom. The van der Waals surface area contributed by atoms with Gasteiger partial charge in [-0.25, -0.2) is 9.59 Å². The molecule has 0 aliphatic heterocycles. The molecular formula is C15H24O4. The van der Waals surface area contributed by atoms with E-state index in [2.05, 4.69) is 13.5 Å². The number of hydrogen-bond acceptors (Lipinski definition) is 3. The number of unbranched alkanes of at least 4 members (excludes halogenated alkanes) is 4. The summed E-state index contributed by atoms with van der Waals surface area (Å²) < 4.78 is 4.81. The Morgan fingerprint density at radius 1 is 1.37 bits per heavy atom. The molecule has 4 nitrogen and oxygen atoms in total. The molecule has 0 spiro atoms. The lowest BCUT2D eigenvalue weighted by Gasteiger charge is -2.06. The van der Waals surface area contributed by atoms with Crippen molar-refractivity contribution in [3.8, 4) is 0 Å². The van der Waals surface area contributed by atoms with Crippen molar-refractivity contribution in [3.05, 3.63) is 24.3 Å². The van der Waals surface area contributed by atoms with Gasteiger partial charge in [-0.1, -0.05) is 45.3 Å². The summed E-state index contributed by atoms with van der Waals surface area (Å²) in [5.41, 5.74) is 0.569. The van der Waals surface area contributed by atoms with Gasteiger partial charge in [-0.3, -0.25) is 0 Å². The first-order valence-electron chi connectivity index (χ1n) is 6.83. The van der Waals surface area contributed by atoms with Crippen LogP contribution in [0.5, 0.6) is 0 Å². The summed E-state index contributed by atoms with van der Waals surface area (Å²) in [5.74, 6) is -1.07. The highest BCUT2D eigenvalue weighted by molar-refractivity contribution is 5.87. The quantitative estimate of drug-likeness (QED) is 0.416. The van der Waals surface area contributed by atoms with Crippen LogP contribution in [0, 0.1) is 0 Å². The average molecular weight is 268 g/mol. The minimum absolute atomic E-state index is 0.314. The van der Waals surface area contributed by atoms with Crippen molar-refractivity contribution in [2.75, 3.05) is 6.61 Å². The molecular weight excluding hydrogens is 244 g/mol. The number of rotatable bonds is 8. The van der Waals surface area contributed by atoms with Crippen LogP contribution in [0.15, 0.2) is 24.3 Å². The molecule has 1 N–H and O–H groups in total. The zero-order chi connectivity index (χ0) is 14.5. The second-order valence-corrected chi connectivity index (χ2v) is 4.36. The fourth-order valence-corrected chi connectivity index (χ4v) is 1.42. The minimum atomic E-state index is -0.758. The molecule has 0 aromatic carbocycles. The van der Waals surface area contributed by atoms with E-state index in [1.54, 1.807) is 6.08 Å². The van der Waals surface area contributed by atoms with E-state index in [1.807, 2.05) is 0 Å². The molecule has 0 heterocycles. The van der Waals surface area contributed by atoms with Gasteiger partial charge in [0.05, 0.1) is 6.61 Å². The van der Waals surface area contributed by atoms with Gasteiger partial charge in [-0.2, -0.15) is 0 Å². The van der Waals surface area contributed by atoms with Crippen molar-refractivity contribution in [3.63, 3.8) is 0 Å². The molecule has 0 bridgehead atoms. The zero-order valence-corrected chi connectivity index (χ0v) is 11.7. The van der Waals surface area contributed by atoms with Gasteiger partial charge in [0.15, 0.2) is 0 Å². The molecule has 108 valence electrons. The lowest BCUT2D eigenvalue weighted by Crippen LogP contribution is -2.05. The number of allylic oxidation sites excluding steroid dienone is 1. The first-order valence-corrected chi connectivity index (χ1v) is 6.83. The Bertz CT molecular complexity index is 318. The van der Waals surface area contributed by atoms with Crippen LogP contribution in [0.25, 0.3) is 0 Å². The Kier molecular flexibility index (Phi) is 10.6. The number of hydrogen-bond donors (Lipinski definition) is 1. The molecule has 0 unspecified atom stereocenters. The minimum Gasteiger partial charge on any atom is -0.478 e. The van der Waals surface area contributed by atoms with Crippen molar-refractivity contribution in [1.82, 2.24) is 0 Å². The SMILES string of the molecule is C=CC(=O)OCCCCCCC.O=C(O)C1=CCC1. The second-order valence-electron chi connectivity index (χ2n) is 4.36. The number of carbonyl (C=O) groups excluding carboxylic acids is 1. The van der Waals surface area contributed by atoms with E-state index in [1.165, 1.54) is 25.3 Å². The monoisotopic (exact) mass is 268 g/mol. The Labute approximate surface area is 115 Å². The van der Waals surface area contributed by atoms with Crippen LogP contribution in [0.3, 0.4) is 0 Å². The maximum atomic E-state index is 10.6. The fourth-order valence-electron chi connectivity index (χ4n) is 1.42. The summed E-state index contributed by atoms with van der Waals surface area (Å²) in [7, 11) is 0. The molecule has 4 heteroatoms. The molecule has 1 aliphatic carbocycles. The van der Waals surface area contributed by atoms with Crippen molar-refractivity contribution >= 4 is 11.9 Å². The summed E-state index contributed by atoms with van der Waals surface area (Å²) in [4.78, 5) is 20.5. The van der Waals surface area contributed by atoms with Crippen molar-refractivity contribution < 1.29 is 19.4 Å². The normalized spacial score (nSPS) is 12.4. The van der Waals surface area contributed by atoms with Crippen molar-refractivity contribution in [2.45, 2.75) is 51.9 Å². The van der Waals surface area contributed by atoms with E-state index in [0.717, 1.165) is 25.7 Å². The van der Waals surface area contributed by atoms with E-state index < -0.39 is 5.97 Å². The van der Waals surface area contributed by atoms with Gasteiger partial charge >= 0.3 is 11.9 Å². The van der Waals surface area contributed by atoms with Gasteiger partial charge in [0.1, 0.15) is 0 Å². The van der Waals surface area contributed by atoms with Crippen molar-refractivity contribution in [2.24, 2.45) is 0 Å². The van der Waals surface area contributed by atoms with Crippen LogP contribution in [-0.2, 0) is 14.3 Å². The highest BCUT2D eigenvalue weighted by Crippen LogP contribution is 2.16. The molecule has 1 rings (SSSR count). The molecule has 19 heavy (non-hydrogen) atoms. The molecule has 1 aliphatic rings. The molecule has 0 aromatic heterocycles. The highest BCUT2D eigenvalue weighted by atomic mass is 16.5. The Morgan fingerprint density at radius 2 is 2.00 bits per heavy atom. The van der Waals surface area contributed by atoms with Crippen LogP contribution >= 0.6 is 0 Å². The summed E-state index contributed by atoms with van der Waals surface area (Å²) in [6.07, 6.45) is 10.5. The highest BCUT2D eigenvalue weighted by Gasteiger charge is 2.11. The Hall–Kier alpha value is -1.58. The second kappa shape index (κ2) is 11.5. The molecule has 0 saturated carbocycles. The summed E-state index contributed by atoms with van der Waals surface area (Å²) in [6.45, 7) is 6.03. The lowest BCUT2D eigenvalue weighted by atomic mass is 10.00. The largest absolute Gasteiger partial charge is 0.478 e. The Balaban J connectivity index is 0.000000388. The third kappa shape index (κ3) is 10.1. The summed E-state index contributed by atoms with van der Waals surface area (Å²) in [6, 6.07) is 0. The van der Waals surface area contributed by atoms with Gasteiger partial charge in [-0.15, -0.1) is 0 Å². The summed E-state index contributed by atoms with van der Waals surface area (Å²) in [5, 5.41) is 8.16. The first kappa shape index (κ1) is 17.4.